The van der Waals surface area contributed by atoms with Crippen molar-refractivity contribution in [2.45, 2.75) is 6.92 Å². The van der Waals surface area contributed by atoms with E-state index >= 15 is 0 Å². The van der Waals surface area contributed by atoms with Crippen LogP contribution in [0.15, 0.2) is 35.3 Å². The van der Waals surface area contributed by atoms with Crippen LogP contribution in [0.25, 0.3) is 16.7 Å². The Labute approximate surface area is 168 Å². The van der Waals surface area contributed by atoms with Crippen molar-refractivity contribution in [3.05, 3.63) is 63.7 Å². The van der Waals surface area contributed by atoms with Crippen LogP contribution < -0.4 is 10.3 Å². The highest BCUT2D eigenvalue weighted by Gasteiger charge is 2.53. The third-order valence-corrected chi connectivity index (χ3v) is 6.23. The molecule has 0 unspecified atom stereocenters. The maximum atomic E-state index is 14.9. The predicted molar refractivity (Wildman–Crippen MR) is 103 cm³/mol. The summed E-state index contributed by atoms with van der Waals surface area (Å²) >= 11 is 0. The van der Waals surface area contributed by atoms with Gasteiger partial charge in [0.25, 0.3) is 0 Å². The van der Waals surface area contributed by atoms with E-state index in [1.165, 1.54) is 0 Å². The second-order valence-corrected chi connectivity index (χ2v) is 7.90. The number of fused-ring (bicyclic) bond motifs is 2. The molecule has 9 heteroatoms. The summed E-state index contributed by atoms with van der Waals surface area (Å²) in [5.74, 6) is -2.54. The number of hydrogen-bond acceptors (Lipinski definition) is 4. The quantitative estimate of drug-likeness (QED) is 0.711. The molecule has 2 fully saturated rings. The number of rotatable bonds is 3. The number of pyridine rings is 2. The maximum Gasteiger partial charge on any atom is 0.341 e. The van der Waals surface area contributed by atoms with Crippen LogP contribution in [-0.2, 0) is 0 Å². The van der Waals surface area contributed by atoms with Gasteiger partial charge in [-0.25, -0.2) is 22.9 Å². The fourth-order valence-electron chi connectivity index (χ4n) is 4.45. The van der Waals surface area contributed by atoms with Gasteiger partial charge in [-0.3, -0.25) is 9.36 Å². The van der Waals surface area contributed by atoms with E-state index in [0.29, 0.717) is 36.9 Å². The summed E-state index contributed by atoms with van der Waals surface area (Å²) in [6.45, 7) is 3.40. The van der Waals surface area contributed by atoms with E-state index in [1.54, 1.807) is 4.90 Å². The number of carboxylic acid groups (broad SMARTS) is 1. The zero-order chi connectivity index (χ0) is 21.3. The van der Waals surface area contributed by atoms with Crippen LogP contribution in [-0.4, -0.2) is 33.7 Å². The minimum atomic E-state index is -1.55. The molecule has 3 atom stereocenters. The number of piperidine rings is 1. The highest BCUT2D eigenvalue weighted by molar-refractivity contribution is 5.92. The Kier molecular flexibility index (Phi) is 3.93. The van der Waals surface area contributed by atoms with Crippen molar-refractivity contribution in [2.24, 2.45) is 17.8 Å². The number of carboxylic acids is 1. The summed E-state index contributed by atoms with van der Waals surface area (Å²) < 4.78 is 43.8. The van der Waals surface area contributed by atoms with Crippen LogP contribution in [0, 0.1) is 35.2 Å². The predicted octanol–water partition coefficient (Wildman–Crippen LogP) is 3.20. The monoisotopic (exact) mass is 415 g/mol. The highest BCUT2D eigenvalue weighted by atomic mass is 19.1. The molecule has 3 aromatic rings. The number of carbonyl (C=O) groups is 1. The van der Waals surface area contributed by atoms with Gasteiger partial charge in [-0.05, 0) is 36.0 Å². The van der Waals surface area contributed by atoms with Gasteiger partial charge in [-0.2, -0.15) is 0 Å². The second-order valence-electron chi connectivity index (χ2n) is 7.90. The summed E-state index contributed by atoms with van der Waals surface area (Å²) in [7, 11) is 0. The molecule has 1 aromatic carbocycles. The van der Waals surface area contributed by atoms with Crippen LogP contribution in [0.4, 0.5) is 19.0 Å². The lowest BCUT2D eigenvalue weighted by Gasteiger charge is -2.22. The SMILES string of the molecule is C[C@@H]1[C@H]2CN(c3nc4c(cc3F)c(=O)c(C(=O)O)cn4-c3ccc(F)cc3F)C[C@@H]12. The minimum Gasteiger partial charge on any atom is -0.477 e. The Hall–Kier alpha value is -3.36. The summed E-state index contributed by atoms with van der Waals surface area (Å²) in [6, 6.07) is 3.69. The minimum absolute atomic E-state index is 0.0284. The van der Waals surface area contributed by atoms with Gasteiger partial charge < -0.3 is 10.0 Å². The van der Waals surface area contributed by atoms with Gasteiger partial charge in [-0.1, -0.05) is 6.92 Å². The molecule has 3 heterocycles. The first-order valence-electron chi connectivity index (χ1n) is 9.46. The maximum absolute atomic E-state index is 14.9. The molecule has 0 bridgehead atoms. The average Bonchev–Trinajstić information content (AvgIpc) is 3.10. The van der Waals surface area contributed by atoms with Crippen molar-refractivity contribution in [1.82, 2.24) is 9.55 Å². The fraction of sp³-hybridized carbons (Fsp3) is 0.286. The molecule has 0 spiro atoms. The molecule has 2 aromatic heterocycles. The summed E-state index contributed by atoms with van der Waals surface area (Å²) in [4.78, 5) is 30.2. The van der Waals surface area contributed by atoms with Crippen LogP contribution in [0.2, 0.25) is 0 Å². The summed E-state index contributed by atoms with van der Waals surface area (Å²) in [6.07, 6.45) is 0.932. The molecular formula is C21H16F3N3O3. The van der Waals surface area contributed by atoms with Crippen LogP contribution in [0.1, 0.15) is 17.3 Å². The molecular weight excluding hydrogens is 399 g/mol. The van der Waals surface area contributed by atoms with Gasteiger partial charge in [0.05, 0.1) is 11.1 Å². The summed E-state index contributed by atoms with van der Waals surface area (Å²) in [5, 5.41) is 9.08. The zero-order valence-electron chi connectivity index (χ0n) is 15.8. The van der Waals surface area contributed by atoms with Crippen LogP contribution in [0.3, 0.4) is 0 Å². The number of aromatic nitrogens is 2. The Morgan fingerprint density at radius 3 is 2.47 bits per heavy atom. The molecule has 0 amide bonds. The fourth-order valence-corrected chi connectivity index (χ4v) is 4.45. The summed E-state index contributed by atoms with van der Waals surface area (Å²) in [5.41, 5.74) is -1.89. The Morgan fingerprint density at radius 2 is 1.83 bits per heavy atom. The van der Waals surface area contributed by atoms with E-state index in [-0.39, 0.29) is 22.5 Å². The number of aromatic carboxylic acids is 1. The second kappa shape index (κ2) is 6.32. The van der Waals surface area contributed by atoms with E-state index in [4.69, 9.17) is 0 Å². The first-order valence-corrected chi connectivity index (χ1v) is 9.46. The van der Waals surface area contributed by atoms with Gasteiger partial charge in [-0.15, -0.1) is 0 Å². The number of nitrogens with zero attached hydrogens (tertiary/aromatic N) is 3. The van der Waals surface area contributed by atoms with Crippen molar-refractivity contribution in [3.8, 4) is 5.69 Å². The van der Waals surface area contributed by atoms with Crippen molar-refractivity contribution < 1.29 is 23.1 Å². The normalized spacial score (nSPS) is 22.4. The molecule has 1 N–H and O–H groups in total. The van der Waals surface area contributed by atoms with E-state index < -0.39 is 34.4 Å². The highest BCUT2D eigenvalue weighted by Crippen LogP contribution is 2.52. The number of benzene rings is 1. The van der Waals surface area contributed by atoms with E-state index in [2.05, 4.69) is 11.9 Å². The molecule has 5 rings (SSSR count). The molecule has 30 heavy (non-hydrogen) atoms. The molecule has 1 aliphatic heterocycles. The first kappa shape index (κ1) is 18.7. The molecule has 1 aliphatic carbocycles. The van der Waals surface area contributed by atoms with Crippen LogP contribution in [0.5, 0.6) is 0 Å². The number of hydrogen-bond donors (Lipinski definition) is 1. The van der Waals surface area contributed by atoms with Gasteiger partial charge >= 0.3 is 5.97 Å². The molecule has 0 radical (unpaired) electrons. The number of halogens is 3. The Bertz CT molecular complexity index is 1280. The van der Waals surface area contributed by atoms with E-state index in [0.717, 1.165) is 29.0 Å². The van der Waals surface area contributed by atoms with Crippen molar-refractivity contribution in [1.29, 1.82) is 0 Å². The molecule has 1 saturated carbocycles. The third-order valence-electron chi connectivity index (χ3n) is 6.23. The van der Waals surface area contributed by atoms with Gasteiger partial charge in [0.1, 0.15) is 17.2 Å². The third kappa shape index (κ3) is 2.68. The first-order chi connectivity index (χ1) is 14.3. The Morgan fingerprint density at radius 1 is 1.13 bits per heavy atom. The lowest BCUT2D eigenvalue weighted by atomic mass is 10.1. The Balaban J connectivity index is 1.76. The smallest absolute Gasteiger partial charge is 0.341 e. The molecule has 6 nitrogen and oxygen atoms in total. The van der Waals surface area contributed by atoms with Gasteiger partial charge in [0, 0.05) is 25.4 Å². The molecule has 2 aliphatic rings. The lowest BCUT2D eigenvalue weighted by Crippen LogP contribution is -2.27. The topological polar surface area (TPSA) is 75.4 Å². The van der Waals surface area contributed by atoms with E-state index in [1.807, 2.05) is 0 Å². The van der Waals surface area contributed by atoms with Gasteiger partial charge in [0.15, 0.2) is 17.3 Å². The lowest BCUT2D eigenvalue weighted by molar-refractivity contribution is 0.0695. The zero-order valence-corrected chi connectivity index (χ0v) is 15.8. The molecule has 154 valence electrons. The van der Waals surface area contributed by atoms with E-state index in [9.17, 15) is 27.9 Å². The molecule has 1 saturated heterocycles. The average molecular weight is 415 g/mol. The van der Waals surface area contributed by atoms with Gasteiger partial charge in [0.2, 0.25) is 5.43 Å². The van der Waals surface area contributed by atoms with Crippen LogP contribution >= 0.6 is 0 Å². The number of anilines is 1. The largest absolute Gasteiger partial charge is 0.477 e. The van der Waals surface area contributed by atoms with Crippen molar-refractivity contribution in [3.63, 3.8) is 0 Å². The van der Waals surface area contributed by atoms with Crippen molar-refractivity contribution >= 4 is 22.8 Å². The van der Waals surface area contributed by atoms with Crippen molar-refractivity contribution in [2.75, 3.05) is 18.0 Å². The standard InChI is InChI=1S/C21H16F3N3O3/c1-9-12-6-26(7-13(9)12)20-16(24)5-11-18(28)14(21(29)30)8-27(19(11)25-20)17-3-2-10(22)4-15(17)23/h2-5,8-9,12-13H,6-7H2,1H3,(H,29,30)/t9-,12-,13+.